The lowest BCUT2D eigenvalue weighted by Gasteiger charge is -2.39. The molecular formula is C25H21ClN2O2S. The molecule has 1 heterocycles. The fraction of sp³-hybridized carbons (Fsp3) is 0.120. The summed E-state index contributed by atoms with van der Waals surface area (Å²) < 4.78 is 5.28. The minimum Gasteiger partial charge on any atom is -0.497 e. The molecule has 4 nitrogen and oxygen atoms in total. The van der Waals surface area contributed by atoms with Gasteiger partial charge in [-0.15, -0.1) is 0 Å². The number of para-hydroxylation sites is 1. The summed E-state index contributed by atoms with van der Waals surface area (Å²) in [6.07, 6.45) is 0. The number of hydrogen-bond donors (Lipinski definition) is 1. The maximum absolute atomic E-state index is 13.0. The highest BCUT2D eigenvalue weighted by atomic mass is 35.5. The number of carbonyl (C=O) groups is 1. The third-order valence-corrected chi connectivity index (χ3v) is 5.75. The van der Waals surface area contributed by atoms with Crippen LogP contribution in [-0.2, 0) is 4.79 Å². The van der Waals surface area contributed by atoms with Gasteiger partial charge in [0, 0.05) is 16.3 Å². The number of benzene rings is 3. The second-order valence-corrected chi connectivity index (χ2v) is 7.98. The summed E-state index contributed by atoms with van der Waals surface area (Å²) in [5.41, 5.74) is 4.04. The van der Waals surface area contributed by atoms with Crippen LogP contribution < -0.4 is 15.0 Å². The SMILES string of the molecule is COc1ccc(C2NC(=S)N(c3ccccc3)C(c3ccc(Cl)cc3)=C2C(C)=O)cc1. The molecule has 1 aliphatic heterocycles. The summed E-state index contributed by atoms with van der Waals surface area (Å²) in [5, 5.41) is 4.52. The number of nitrogens with one attached hydrogen (secondary N) is 1. The van der Waals surface area contributed by atoms with Crippen LogP contribution in [0.15, 0.2) is 84.4 Å². The molecule has 1 unspecified atom stereocenters. The Bertz CT molecular complexity index is 1140. The Morgan fingerprint density at radius 2 is 1.65 bits per heavy atom. The Hall–Kier alpha value is -3.15. The molecule has 0 amide bonds. The standard InChI is InChI=1S/C25H21ClN2O2S/c1-16(29)22-23(17-10-14-21(30-2)15-11-17)27-25(31)28(20-6-4-3-5-7-20)24(22)18-8-12-19(26)13-9-18/h3-15,23H,1-2H3,(H,27,31). The summed E-state index contributed by atoms with van der Waals surface area (Å²) in [5.74, 6) is 0.709. The van der Waals surface area contributed by atoms with Gasteiger partial charge in [-0.1, -0.05) is 54.1 Å². The lowest BCUT2D eigenvalue weighted by molar-refractivity contribution is -0.113. The first-order chi connectivity index (χ1) is 15.0. The molecule has 1 aliphatic rings. The Balaban J connectivity index is 1.96. The van der Waals surface area contributed by atoms with E-state index in [-0.39, 0.29) is 11.8 Å². The Morgan fingerprint density at radius 1 is 1.00 bits per heavy atom. The number of ketones is 1. The van der Waals surface area contributed by atoms with Crippen LogP contribution in [0.4, 0.5) is 5.69 Å². The fourth-order valence-electron chi connectivity index (χ4n) is 3.75. The minimum absolute atomic E-state index is 0.0401. The second-order valence-electron chi connectivity index (χ2n) is 7.15. The number of anilines is 1. The molecule has 31 heavy (non-hydrogen) atoms. The fourth-order valence-corrected chi connectivity index (χ4v) is 4.19. The predicted octanol–water partition coefficient (Wildman–Crippen LogP) is 5.78. The topological polar surface area (TPSA) is 41.6 Å². The Labute approximate surface area is 192 Å². The second kappa shape index (κ2) is 8.92. The van der Waals surface area contributed by atoms with E-state index in [9.17, 15) is 4.79 Å². The van der Waals surface area contributed by atoms with Crippen molar-refractivity contribution in [2.24, 2.45) is 0 Å². The highest BCUT2D eigenvalue weighted by Gasteiger charge is 2.35. The largest absolute Gasteiger partial charge is 0.497 e. The molecule has 0 aliphatic carbocycles. The van der Waals surface area contributed by atoms with Crippen LogP contribution in [0, 0.1) is 0 Å². The molecule has 0 spiro atoms. The van der Waals surface area contributed by atoms with Crippen molar-refractivity contribution < 1.29 is 9.53 Å². The molecule has 3 aromatic carbocycles. The summed E-state index contributed by atoms with van der Waals surface area (Å²) in [6.45, 7) is 1.58. The molecule has 4 rings (SSSR count). The van der Waals surface area contributed by atoms with E-state index in [0.717, 1.165) is 28.3 Å². The van der Waals surface area contributed by atoms with Gasteiger partial charge in [0.1, 0.15) is 5.75 Å². The number of rotatable bonds is 5. The lowest BCUT2D eigenvalue weighted by Crippen LogP contribution is -2.47. The van der Waals surface area contributed by atoms with Crippen LogP contribution in [0.2, 0.25) is 5.02 Å². The number of hydrogen-bond acceptors (Lipinski definition) is 3. The van der Waals surface area contributed by atoms with E-state index in [1.807, 2.05) is 83.8 Å². The van der Waals surface area contributed by atoms with Gasteiger partial charge in [-0.2, -0.15) is 0 Å². The molecular weight excluding hydrogens is 428 g/mol. The number of Topliss-reactive ketones (excluding diaryl/α,β-unsaturated/α-hetero) is 1. The van der Waals surface area contributed by atoms with Crippen molar-refractivity contribution in [3.05, 3.63) is 101 Å². The molecule has 0 saturated heterocycles. The lowest BCUT2D eigenvalue weighted by atomic mass is 9.89. The minimum atomic E-state index is -0.387. The van der Waals surface area contributed by atoms with Gasteiger partial charge in [0.05, 0.1) is 18.8 Å². The first-order valence-electron chi connectivity index (χ1n) is 9.80. The summed E-state index contributed by atoms with van der Waals surface area (Å²) in [7, 11) is 1.63. The van der Waals surface area contributed by atoms with Crippen molar-refractivity contribution >= 4 is 46.1 Å². The molecule has 1 N–H and O–H groups in total. The van der Waals surface area contributed by atoms with E-state index in [1.165, 1.54) is 0 Å². The third-order valence-electron chi connectivity index (χ3n) is 5.20. The van der Waals surface area contributed by atoms with E-state index >= 15 is 0 Å². The van der Waals surface area contributed by atoms with Gasteiger partial charge in [-0.05, 0) is 66.7 Å². The molecule has 3 aromatic rings. The van der Waals surface area contributed by atoms with E-state index in [2.05, 4.69) is 5.32 Å². The average Bonchev–Trinajstić information content (AvgIpc) is 2.79. The van der Waals surface area contributed by atoms with Crippen molar-refractivity contribution in [1.29, 1.82) is 0 Å². The summed E-state index contributed by atoms with van der Waals surface area (Å²) in [6, 6.07) is 24.5. The molecule has 0 radical (unpaired) electrons. The summed E-state index contributed by atoms with van der Waals surface area (Å²) >= 11 is 11.9. The van der Waals surface area contributed by atoms with Gasteiger partial charge in [0.15, 0.2) is 10.9 Å². The molecule has 0 saturated carbocycles. The van der Waals surface area contributed by atoms with Gasteiger partial charge in [0.2, 0.25) is 0 Å². The zero-order valence-electron chi connectivity index (χ0n) is 17.1. The normalized spacial score (nSPS) is 16.2. The first kappa shape index (κ1) is 21.1. The van der Waals surface area contributed by atoms with Gasteiger partial charge >= 0.3 is 0 Å². The van der Waals surface area contributed by atoms with E-state index in [4.69, 9.17) is 28.6 Å². The first-order valence-corrected chi connectivity index (χ1v) is 10.6. The molecule has 156 valence electrons. The van der Waals surface area contributed by atoms with Gasteiger partial charge in [-0.25, -0.2) is 0 Å². The number of halogens is 1. The monoisotopic (exact) mass is 448 g/mol. The third kappa shape index (κ3) is 4.20. The van der Waals surface area contributed by atoms with Crippen molar-refractivity contribution in [1.82, 2.24) is 5.32 Å². The van der Waals surface area contributed by atoms with Gasteiger partial charge < -0.3 is 10.1 Å². The molecule has 6 heteroatoms. The zero-order chi connectivity index (χ0) is 22.0. The number of ether oxygens (including phenoxy) is 1. The van der Waals surface area contributed by atoms with Crippen LogP contribution >= 0.6 is 23.8 Å². The summed E-state index contributed by atoms with van der Waals surface area (Å²) in [4.78, 5) is 14.9. The van der Waals surface area contributed by atoms with Crippen LogP contribution in [0.25, 0.3) is 5.70 Å². The molecule has 0 fully saturated rings. The average molecular weight is 449 g/mol. The number of thiocarbonyl (C=S) groups is 1. The number of methoxy groups -OCH3 is 1. The Kier molecular flexibility index (Phi) is 6.07. The van der Waals surface area contributed by atoms with Crippen LogP contribution in [0.5, 0.6) is 5.75 Å². The van der Waals surface area contributed by atoms with Crippen molar-refractivity contribution in [3.8, 4) is 5.75 Å². The van der Waals surface area contributed by atoms with Crippen molar-refractivity contribution in [3.63, 3.8) is 0 Å². The maximum Gasteiger partial charge on any atom is 0.178 e. The predicted molar refractivity (Wildman–Crippen MR) is 129 cm³/mol. The Morgan fingerprint density at radius 3 is 2.23 bits per heavy atom. The van der Waals surface area contributed by atoms with Crippen molar-refractivity contribution in [2.45, 2.75) is 13.0 Å². The van der Waals surface area contributed by atoms with Gasteiger partial charge in [0.25, 0.3) is 0 Å². The molecule has 1 atom stereocenters. The zero-order valence-corrected chi connectivity index (χ0v) is 18.7. The van der Waals surface area contributed by atoms with E-state index in [1.54, 1.807) is 14.0 Å². The maximum atomic E-state index is 13.0. The highest BCUT2D eigenvalue weighted by molar-refractivity contribution is 7.80. The van der Waals surface area contributed by atoms with E-state index in [0.29, 0.717) is 15.7 Å². The number of nitrogens with zero attached hydrogens (tertiary/aromatic N) is 1. The van der Waals surface area contributed by atoms with Gasteiger partial charge in [-0.3, -0.25) is 9.69 Å². The van der Waals surface area contributed by atoms with Crippen LogP contribution in [0.3, 0.4) is 0 Å². The van der Waals surface area contributed by atoms with Crippen LogP contribution in [-0.4, -0.2) is 18.0 Å². The van der Waals surface area contributed by atoms with Crippen LogP contribution in [0.1, 0.15) is 24.1 Å². The molecule has 0 aromatic heterocycles. The van der Waals surface area contributed by atoms with Crippen molar-refractivity contribution in [2.75, 3.05) is 12.0 Å². The number of carbonyl (C=O) groups excluding carboxylic acids is 1. The highest BCUT2D eigenvalue weighted by Crippen LogP contribution is 2.39. The smallest absolute Gasteiger partial charge is 0.178 e. The van der Waals surface area contributed by atoms with E-state index < -0.39 is 0 Å². The molecule has 0 bridgehead atoms. The quantitative estimate of drug-likeness (QED) is 0.501.